The lowest BCUT2D eigenvalue weighted by Crippen LogP contribution is -2.46. The maximum atomic E-state index is 13.0. The first kappa shape index (κ1) is 14.5. The Morgan fingerprint density at radius 1 is 1.33 bits per heavy atom. The van der Waals surface area contributed by atoms with Crippen molar-refractivity contribution in [2.24, 2.45) is 5.73 Å². The van der Waals surface area contributed by atoms with Gasteiger partial charge in [-0.05, 0) is 19.4 Å². The van der Waals surface area contributed by atoms with Crippen molar-refractivity contribution in [3.05, 3.63) is 52.1 Å². The van der Waals surface area contributed by atoms with Gasteiger partial charge in [0, 0.05) is 24.1 Å². The molecule has 2 heterocycles. The number of hydrogen-bond acceptors (Lipinski definition) is 5. The highest BCUT2D eigenvalue weighted by molar-refractivity contribution is 6.19. The minimum absolute atomic E-state index is 0.0154. The number of ketones is 1. The van der Waals surface area contributed by atoms with E-state index < -0.39 is 11.3 Å². The number of Topliss-reactive ketones (excluding diaryl/α,β-unsaturated/α-hetero) is 1. The first-order valence-electron chi connectivity index (χ1n) is 7.77. The zero-order chi connectivity index (χ0) is 17.1. The molecule has 1 aromatic carbocycles. The van der Waals surface area contributed by atoms with Crippen LogP contribution in [0.15, 0.2) is 41.0 Å². The maximum Gasteiger partial charge on any atom is 0.245 e. The normalized spacial score (nSPS) is 25.2. The Kier molecular flexibility index (Phi) is 2.85. The number of carbonyl (C=O) groups is 2. The van der Waals surface area contributed by atoms with Gasteiger partial charge in [-0.15, -0.1) is 0 Å². The van der Waals surface area contributed by atoms with Gasteiger partial charge in [0.2, 0.25) is 11.8 Å². The Morgan fingerprint density at radius 2 is 2.12 bits per heavy atom. The maximum absolute atomic E-state index is 13.0. The lowest BCUT2D eigenvalue weighted by molar-refractivity contribution is -0.123. The van der Waals surface area contributed by atoms with E-state index in [0.29, 0.717) is 36.3 Å². The summed E-state index contributed by atoms with van der Waals surface area (Å²) >= 11 is 0. The summed E-state index contributed by atoms with van der Waals surface area (Å²) in [7, 11) is 0. The predicted octanol–water partition coefficient (Wildman–Crippen LogP) is 1.92. The Balaban J connectivity index is 2.13. The van der Waals surface area contributed by atoms with Crippen LogP contribution < -0.4 is 11.1 Å². The molecule has 0 aromatic heterocycles. The van der Waals surface area contributed by atoms with E-state index in [2.05, 4.69) is 5.32 Å². The molecule has 0 bridgehead atoms. The quantitative estimate of drug-likeness (QED) is 0.759. The number of fused-ring (bicyclic) bond motifs is 3. The van der Waals surface area contributed by atoms with E-state index in [1.54, 1.807) is 6.07 Å². The number of nitrogens with one attached hydrogen (secondary N) is 1. The van der Waals surface area contributed by atoms with Gasteiger partial charge in [0.05, 0.1) is 5.57 Å². The number of rotatable bonds is 0. The van der Waals surface area contributed by atoms with Crippen LogP contribution in [0.1, 0.15) is 30.4 Å². The molecule has 1 atom stereocenters. The van der Waals surface area contributed by atoms with E-state index >= 15 is 0 Å². The molecule has 0 fully saturated rings. The standard InChI is InChI=1S/C18H15N3O3/c1-9-5-6-12-10(7-9)18(17(23)21-12)11(8-19)16(20)24-14-4-2-3-13(22)15(14)18/h5-7H,2-4,20H2,1H3,(H,21,23)/t18-/m0/s1. The van der Waals surface area contributed by atoms with E-state index in [4.69, 9.17) is 10.5 Å². The summed E-state index contributed by atoms with van der Waals surface area (Å²) in [6.07, 6.45) is 1.50. The van der Waals surface area contributed by atoms with Crippen molar-refractivity contribution in [3.8, 4) is 6.07 Å². The second kappa shape index (κ2) is 4.71. The minimum Gasteiger partial charge on any atom is -0.444 e. The molecular formula is C18H15N3O3. The molecule has 0 saturated heterocycles. The van der Waals surface area contributed by atoms with E-state index in [1.807, 2.05) is 25.1 Å². The summed E-state index contributed by atoms with van der Waals surface area (Å²) in [6, 6.07) is 7.50. The Morgan fingerprint density at radius 3 is 2.88 bits per heavy atom. The van der Waals surface area contributed by atoms with Gasteiger partial charge in [0.1, 0.15) is 22.8 Å². The third-order valence-electron chi connectivity index (χ3n) is 4.87. The second-order valence-electron chi connectivity index (χ2n) is 6.28. The smallest absolute Gasteiger partial charge is 0.245 e. The van der Waals surface area contributed by atoms with Crippen LogP contribution in [0.2, 0.25) is 0 Å². The molecule has 2 aliphatic heterocycles. The Bertz CT molecular complexity index is 920. The lowest BCUT2D eigenvalue weighted by Gasteiger charge is -2.37. The summed E-state index contributed by atoms with van der Waals surface area (Å²) in [5.74, 6) is -0.280. The van der Waals surface area contributed by atoms with Crippen LogP contribution in [0.3, 0.4) is 0 Å². The number of nitriles is 1. The summed E-state index contributed by atoms with van der Waals surface area (Å²) in [6.45, 7) is 1.90. The number of nitrogens with two attached hydrogens (primary N) is 1. The highest BCUT2D eigenvalue weighted by Crippen LogP contribution is 2.53. The van der Waals surface area contributed by atoms with Gasteiger partial charge in [-0.1, -0.05) is 17.7 Å². The molecule has 6 heteroatoms. The molecule has 1 spiro atoms. The van der Waals surface area contributed by atoms with Crippen molar-refractivity contribution in [3.63, 3.8) is 0 Å². The van der Waals surface area contributed by atoms with E-state index in [1.165, 1.54) is 0 Å². The van der Waals surface area contributed by atoms with Gasteiger partial charge in [-0.3, -0.25) is 9.59 Å². The third-order valence-corrected chi connectivity index (χ3v) is 4.87. The second-order valence-corrected chi connectivity index (χ2v) is 6.28. The fourth-order valence-corrected chi connectivity index (χ4v) is 3.88. The molecule has 0 radical (unpaired) electrons. The van der Waals surface area contributed by atoms with Gasteiger partial charge in [-0.25, -0.2) is 0 Å². The molecule has 120 valence electrons. The topological polar surface area (TPSA) is 105 Å². The van der Waals surface area contributed by atoms with Crippen LogP contribution in [-0.2, 0) is 19.7 Å². The number of aryl methyl sites for hydroxylation is 1. The Hall–Kier alpha value is -3.07. The van der Waals surface area contributed by atoms with E-state index in [-0.39, 0.29) is 22.8 Å². The predicted molar refractivity (Wildman–Crippen MR) is 85.3 cm³/mol. The Labute approximate surface area is 138 Å². The minimum atomic E-state index is -1.49. The third kappa shape index (κ3) is 1.59. The average Bonchev–Trinajstić information content (AvgIpc) is 2.81. The first-order chi connectivity index (χ1) is 11.5. The molecule has 0 unspecified atom stereocenters. The molecule has 3 N–H and O–H groups in total. The van der Waals surface area contributed by atoms with Crippen molar-refractivity contribution < 1.29 is 14.3 Å². The van der Waals surface area contributed by atoms with Gasteiger partial charge < -0.3 is 15.8 Å². The van der Waals surface area contributed by atoms with Gasteiger partial charge in [0.25, 0.3) is 0 Å². The molecule has 24 heavy (non-hydrogen) atoms. The van der Waals surface area contributed by atoms with E-state index in [0.717, 1.165) is 5.56 Å². The van der Waals surface area contributed by atoms with Crippen molar-refractivity contribution in [2.45, 2.75) is 31.6 Å². The number of anilines is 1. The molecule has 1 aliphatic carbocycles. The monoisotopic (exact) mass is 321 g/mol. The summed E-state index contributed by atoms with van der Waals surface area (Å²) in [4.78, 5) is 25.7. The number of carbonyl (C=O) groups excluding carboxylic acids is 2. The fourth-order valence-electron chi connectivity index (χ4n) is 3.88. The zero-order valence-corrected chi connectivity index (χ0v) is 13.1. The number of amides is 1. The summed E-state index contributed by atoms with van der Waals surface area (Å²) in [5, 5.41) is 12.5. The van der Waals surface area contributed by atoms with Crippen LogP contribution in [0.25, 0.3) is 0 Å². The number of ether oxygens (including phenoxy) is 1. The first-order valence-corrected chi connectivity index (χ1v) is 7.77. The van der Waals surface area contributed by atoms with Crippen LogP contribution >= 0.6 is 0 Å². The number of allylic oxidation sites excluding steroid dienone is 1. The van der Waals surface area contributed by atoms with Crippen molar-refractivity contribution in [1.29, 1.82) is 5.26 Å². The number of nitrogens with zero attached hydrogens (tertiary/aromatic N) is 1. The van der Waals surface area contributed by atoms with Crippen molar-refractivity contribution in [2.75, 3.05) is 5.32 Å². The van der Waals surface area contributed by atoms with E-state index in [9.17, 15) is 14.9 Å². The van der Waals surface area contributed by atoms with Gasteiger partial charge in [0.15, 0.2) is 5.78 Å². The fraction of sp³-hybridized carbons (Fsp3) is 0.278. The molecule has 3 aliphatic rings. The van der Waals surface area contributed by atoms with Crippen molar-refractivity contribution in [1.82, 2.24) is 0 Å². The molecule has 6 nitrogen and oxygen atoms in total. The number of hydrogen-bond donors (Lipinski definition) is 2. The lowest BCUT2D eigenvalue weighted by atomic mass is 9.65. The van der Waals surface area contributed by atoms with Crippen LogP contribution in [0.5, 0.6) is 0 Å². The summed E-state index contributed by atoms with van der Waals surface area (Å²) < 4.78 is 5.56. The zero-order valence-electron chi connectivity index (χ0n) is 13.1. The highest BCUT2D eigenvalue weighted by atomic mass is 16.5. The van der Waals surface area contributed by atoms with Crippen LogP contribution in [-0.4, -0.2) is 11.7 Å². The molecule has 0 saturated carbocycles. The van der Waals surface area contributed by atoms with Gasteiger partial charge >= 0.3 is 0 Å². The van der Waals surface area contributed by atoms with Gasteiger partial charge in [-0.2, -0.15) is 5.26 Å². The summed E-state index contributed by atoms with van der Waals surface area (Å²) in [5.41, 5.74) is 6.84. The molecule has 4 rings (SSSR count). The molecule has 1 aromatic rings. The van der Waals surface area contributed by atoms with Crippen LogP contribution in [0.4, 0.5) is 5.69 Å². The molecule has 1 amide bonds. The number of benzene rings is 1. The largest absolute Gasteiger partial charge is 0.444 e. The van der Waals surface area contributed by atoms with Crippen LogP contribution in [0, 0.1) is 18.3 Å². The van der Waals surface area contributed by atoms with Crippen molar-refractivity contribution >= 4 is 17.4 Å². The molecular weight excluding hydrogens is 306 g/mol. The SMILES string of the molecule is Cc1ccc2c(c1)[C@]1(C(=O)N2)C(C#N)=C(N)OC2=C1C(=O)CCC2. The average molecular weight is 321 g/mol. The highest BCUT2D eigenvalue weighted by Gasteiger charge is 2.59.